The number of ether oxygens (including phenoxy) is 1. The Labute approximate surface area is 144 Å². The zero-order chi connectivity index (χ0) is 17.1. The minimum absolute atomic E-state index is 0.0786. The molecule has 2 N–H and O–H groups in total. The summed E-state index contributed by atoms with van der Waals surface area (Å²) in [4.78, 5) is 0. The van der Waals surface area contributed by atoms with Crippen molar-refractivity contribution >= 4 is 18.4 Å². The van der Waals surface area contributed by atoms with Crippen LogP contribution in [0.15, 0.2) is 47.6 Å². The third-order valence-electron chi connectivity index (χ3n) is 3.49. The van der Waals surface area contributed by atoms with Gasteiger partial charge in [-0.25, -0.2) is 5.10 Å². The molecule has 7 heteroatoms. The fraction of sp³-hybridized carbons (Fsp3) is 0.118. The Morgan fingerprint density at radius 2 is 2.00 bits per heavy atom. The Kier molecular flexibility index (Phi) is 4.43. The molecule has 0 fully saturated rings. The topological polar surface area (TPSA) is 75.4 Å². The van der Waals surface area contributed by atoms with Gasteiger partial charge in [0.25, 0.3) is 0 Å². The van der Waals surface area contributed by atoms with E-state index in [1.165, 1.54) is 12.7 Å². The van der Waals surface area contributed by atoms with Gasteiger partial charge in [0.2, 0.25) is 4.77 Å². The van der Waals surface area contributed by atoms with Crippen LogP contribution >= 0.6 is 12.2 Å². The highest BCUT2D eigenvalue weighted by molar-refractivity contribution is 7.71. The second-order valence-corrected chi connectivity index (χ2v) is 5.59. The van der Waals surface area contributed by atoms with Gasteiger partial charge in [0.15, 0.2) is 17.3 Å². The van der Waals surface area contributed by atoms with Gasteiger partial charge in [-0.15, -0.1) is 0 Å². The quantitative estimate of drug-likeness (QED) is 0.563. The predicted molar refractivity (Wildman–Crippen MR) is 95.2 cm³/mol. The molecule has 1 heterocycles. The van der Waals surface area contributed by atoms with Crippen molar-refractivity contribution in [3.63, 3.8) is 0 Å². The highest BCUT2D eigenvalue weighted by Gasteiger charge is 2.08. The van der Waals surface area contributed by atoms with Crippen LogP contribution in [0.25, 0.3) is 11.4 Å². The first-order valence-corrected chi connectivity index (χ1v) is 7.65. The van der Waals surface area contributed by atoms with Gasteiger partial charge < -0.3 is 9.84 Å². The smallest absolute Gasteiger partial charge is 0.216 e. The summed E-state index contributed by atoms with van der Waals surface area (Å²) < 4.78 is 7.04. The Morgan fingerprint density at radius 3 is 2.71 bits per heavy atom. The molecule has 6 nitrogen and oxygen atoms in total. The summed E-state index contributed by atoms with van der Waals surface area (Å²) in [6.07, 6.45) is 1.63. The van der Waals surface area contributed by atoms with Crippen LogP contribution in [0.5, 0.6) is 11.5 Å². The van der Waals surface area contributed by atoms with Crippen LogP contribution in [0, 0.1) is 11.7 Å². The normalized spacial score (nSPS) is 11.1. The highest BCUT2D eigenvalue weighted by atomic mass is 32.1. The van der Waals surface area contributed by atoms with E-state index >= 15 is 0 Å². The van der Waals surface area contributed by atoms with Crippen LogP contribution in [0.1, 0.15) is 11.1 Å². The van der Waals surface area contributed by atoms with Gasteiger partial charge >= 0.3 is 0 Å². The van der Waals surface area contributed by atoms with Crippen LogP contribution in [-0.4, -0.2) is 33.3 Å². The van der Waals surface area contributed by atoms with Gasteiger partial charge in [-0.1, -0.05) is 29.8 Å². The second kappa shape index (κ2) is 6.67. The minimum atomic E-state index is 0.0786. The highest BCUT2D eigenvalue weighted by Crippen LogP contribution is 2.25. The van der Waals surface area contributed by atoms with E-state index in [4.69, 9.17) is 17.0 Å². The number of aromatic hydroxyl groups is 1. The van der Waals surface area contributed by atoms with Gasteiger partial charge in [-0.2, -0.15) is 14.9 Å². The Balaban J connectivity index is 1.97. The number of nitrogens with one attached hydrogen (secondary N) is 1. The number of aryl methyl sites for hydroxylation is 1. The molecule has 3 rings (SSSR count). The maximum atomic E-state index is 9.64. The number of aromatic nitrogens is 3. The maximum Gasteiger partial charge on any atom is 0.216 e. The minimum Gasteiger partial charge on any atom is -0.504 e. The van der Waals surface area contributed by atoms with Crippen LogP contribution < -0.4 is 4.74 Å². The maximum absolute atomic E-state index is 9.64. The van der Waals surface area contributed by atoms with Crippen LogP contribution in [0.4, 0.5) is 0 Å². The lowest BCUT2D eigenvalue weighted by atomic mass is 10.1. The first kappa shape index (κ1) is 15.9. The molecule has 122 valence electrons. The summed E-state index contributed by atoms with van der Waals surface area (Å²) in [5, 5.41) is 21.0. The number of phenolic OH excluding ortho intramolecular Hbond substituents is 1. The molecule has 0 aliphatic heterocycles. The molecule has 0 unspecified atom stereocenters. The van der Waals surface area contributed by atoms with E-state index in [2.05, 4.69) is 15.3 Å². The molecule has 0 aliphatic carbocycles. The van der Waals surface area contributed by atoms with Crippen molar-refractivity contribution < 1.29 is 9.84 Å². The third kappa shape index (κ3) is 3.21. The van der Waals surface area contributed by atoms with E-state index in [1.54, 1.807) is 29.1 Å². The van der Waals surface area contributed by atoms with Crippen molar-refractivity contribution in [3.05, 3.63) is 58.4 Å². The van der Waals surface area contributed by atoms with Crippen LogP contribution in [0.3, 0.4) is 0 Å². The molecule has 24 heavy (non-hydrogen) atoms. The van der Waals surface area contributed by atoms with Gasteiger partial charge in [0.05, 0.1) is 13.3 Å². The average molecular weight is 340 g/mol. The lowest BCUT2D eigenvalue weighted by molar-refractivity contribution is 0.373. The van der Waals surface area contributed by atoms with Crippen molar-refractivity contribution in [1.82, 2.24) is 14.9 Å². The number of H-pyrrole nitrogens is 1. The molecular formula is C17H16N4O2S. The van der Waals surface area contributed by atoms with E-state index in [1.807, 2.05) is 31.2 Å². The molecule has 2 aromatic carbocycles. The van der Waals surface area contributed by atoms with Crippen molar-refractivity contribution in [2.24, 2.45) is 5.10 Å². The van der Waals surface area contributed by atoms with Crippen molar-refractivity contribution in [2.75, 3.05) is 7.11 Å². The molecule has 0 spiro atoms. The summed E-state index contributed by atoms with van der Waals surface area (Å²) in [5.41, 5.74) is 2.84. The number of benzene rings is 2. The molecule has 0 radical (unpaired) electrons. The van der Waals surface area contributed by atoms with E-state index in [-0.39, 0.29) is 5.75 Å². The molecule has 0 saturated carbocycles. The van der Waals surface area contributed by atoms with Crippen molar-refractivity contribution in [3.8, 4) is 22.9 Å². The number of rotatable bonds is 4. The standard InChI is InChI=1S/C17H16N4O2S/c1-11-3-6-13(7-4-11)16-19-20-17(24)21(16)18-10-12-5-8-14(22)15(9-12)23-2/h3-10,22H,1-2H3,(H,20,24)/b18-10-. The summed E-state index contributed by atoms with van der Waals surface area (Å²) in [5.74, 6) is 1.09. The van der Waals surface area contributed by atoms with Gasteiger partial charge in [0.1, 0.15) is 0 Å². The fourth-order valence-electron chi connectivity index (χ4n) is 2.19. The molecule has 0 bridgehead atoms. The number of hydrogen-bond donors (Lipinski definition) is 2. The molecular weight excluding hydrogens is 324 g/mol. The van der Waals surface area contributed by atoms with Crippen molar-refractivity contribution in [2.45, 2.75) is 6.92 Å². The number of aromatic amines is 1. The first-order chi connectivity index (χ1) is 11.6. The Hall–Kier alpha value is -2.93. The monoisotopic (exact) mass is 340 g/mol. The number of phenols is 1. The second-order valence-electron chi connectivity index (χ2n) is 5.21. The molecule has 0 saturated heterocycles. The SMILES string of the molecule is COc1cc(/C=N\n2c(-c3ccc(C)cc3)n[nH]c2=S)ccc1O. The molecule has 0 aliphatic rings. The van der Waals surface area contributed by atoms with Gasteiger partial charge in [-0.05, 0) is 42.9 Å². The van der Waals surface area contributed by atoms with Crippen LogP contribution in [0.2, 0.25) is 0 Å². The van der Waals surface area contributed by atoms with E-state index in [0.717, 1.165) is 11.1 Å². The number of hydrogen-bond acceptors (Lipinski definition) is 5. The summed E-state index contributed by atoms with van der Waals surface area (Å²) >= 11 is 5.25. The lowest BCUT2D eigenvalue weighted by Crippen LogP contribution is -1.95. The largest absolute Gasteiger partial charge is 0.504 e. The fourth-order valence-corrected chi connectivity index (χ4v) is 2.37. The average Bonchev–Trinajstić information content (AvgIpc) is 2.95. The summed E-state index contributed by atoms with van der Waals surface area (Å²) in [6.45, 7) is 2.03. The summed E-state index contributed by atoms with van der Waals surface area (Å²) in [7, 11) is 1.50. The zero-order valence-electron chi connectivity index (χ0n) is 13.2. The molecule has 0 atom stereocenters. The number of nitrogens with zero attached hydrogens (tertiary/aromatic N) is 3. The van der Waals surface area contributed by atoms with Gasteiger partial charge in [-0.3, -0.25) is 0 Å². The van der Waals surface area contributed by atoms with E-state index in [0.29, 0.717) is 16.3 Å². The zero-order valence-corrected chi connectivity index (χ0v) is 14.0. The number of methoxy groups -OCH3 is 1. The molecule has 3 aromatic rings. The summed E-state index contributed by atoms with van der Waals surface area (Å²) in [6, 6.07) is 12.9. The lowest BCUT2D eigenvalue weighted by Gasteiger charge is -2.04. The molecule has 0 amide bonds. The third-order valence-corrected chi connectivity index (χ3v) is 3.75. The molecule has 1 aromatic heterocycles. The van der Waals surface area contributed by atoms with Crippen molar-refractivity contribution in [1.29, 1.82) is 0 Å². The Bertz CT molecular complexity index is 942. The predicted octanol–water partition coefficient (Wildman–Crippen LogP) is 3.51. The van der Waals surface area contributed by atoms with Crippen LogP contribution in [-0.2, 0) is 0 Å². The van der Waals surface area contributed by atoms with E-state index in [9.17, 15) is 5.11 Å². The Morgan fingerprint density at radius 1 is 1.25 bits per heavy atom. The van der Waals surface area contributed by atoms with Gasteiger partial charge in [0, 0.05) is 5.56 Å². The van der Waals surface area contributed by atoms with E-state index < -0.39 is 0 Å². The first-order valence-electron chi connectivity index (χ1n) is 7.24.